The zero-order valence-corrected chi connectivity index (χ0v) is 11.9. The number of benzene rings is 1. The molecule has 0 aliphatic heterocycles. The quantitative estimate of drug-likeness (QED) is 0.909. The number of halogens is 1. The van der Waals surface area contributed by atoms with Crippen LogP contribution in [0, 0.1) is 5.82 Å². The molecule has 0 spiro atoms. The highest BCUT2D eigenvalue weighted by Gasteiger charge is 2.15. The Bertz CT molecular complexity index is 571. The average molecular weight is 273 g/mol. The number of rotatable bonds is 5. The highest BCUT2D eigenvalue weighted by atomic mass is 19.1. The van der Waals surface area contributed by atoms with Crippen LogP contribution in [0.1, 0.15) is 18.9 Å². The predicted octanol–water partition coefficient (Wildman–Crippen LogP) is 3.27. The maximum absolute atomic E-state index is 13.9. The van der Waals surface area contributed by atoms with Crippen molar-refractivity contribution < 1.29 is 4.39 Å². The van der Waals surface area contributed by atoms with Crippen LogP contribution < -0.4 is 10.6 Å². The molecule has 0 saturated carbocycles. The molecular formula is C16H20FN3. The van der Waals surface area contributed by atoms with Crippen LogP contribution in [0.25, 0.3) is 0 Å². The first-order chi connectivity index (χ1) is 9.63. The molecule has 0 aliphatic rings. The van der Waals surface area contributed by atoms with E-state index in [-0.39, 0.29) is 11.9 Å². The largest absolute Gasteiger partial charge is 0.327 e. The molecule has 1 aromatic heterocycles. The molecule has 0 saturated heterocycles. The Hall–Kier alpha value is -1.94. The minimum absolute atomic E-state index is 0.0898. The van der Waals surface area contributed by atoms with Gasteiger partial charge in [-0.3, -0.25) is 0 Å². The molecule has 4 heteroatoms. The second-order valence-electron chi connectivity index (χ2n) is 4.87. The zero-order chi connectivity index (χ0) is 14.5. The summed E-state index contributed by atoms with van der Waals surface area (Å²) in [4.78, 5) is 6.16. The lowest BCUT2D eigenvalue weighted by Crippen LogP contribution is -2.23. The van der Waals surface area contributed by atoms with Crippen LogP contribution in [-0.2, 0) is 6.42 Å². The first-order valence-electron chi connectivity index (χ1n) is 6.81. The van der Waals surface area contributed by atoms with E-state index < -0.39 is 0 Å². The van der Waals surface area contributed by atoms with Gasteiger partial charge in [-0.15, -0.1) is 0 Å². The second-order valence-corrected chi connectivity index (χ2v) is 4.87. The number of aromatic nitrogens is 1. The predicted molar refractivity (Wildman–Crippen MR) is 80.7 cm³/mol. The van der Waals surface area contributed by atoms with E-state index >= 15 is 0 Å². The van der Waals surface area contributed by atoms with Gasteiger partial charge in [-0.2, -0.15) is 0 Å². The summed E-state index contributed by atoms with van der Waals surface area (Å²) < 4.78 is 13.9. The number of anilines is 2. The molecule has 1 unspecified atom stereocenters. The molecular weight excluding hydrogens is 253 g/mol. The lowest BCUT2D eigenvalue weighted by atomic mass is 10.0. The minimum Gasteiger partial charge on any atom is -0.327 e. The van der Waals surface area contributed by atoms with Crippen molar-refractivity contribution in [3.63, 3.8) is 0 Å². The van der Waals surface area contributed by atoms with Crippen LogP contribution >= 0.6 is 0 Å². The van der Waals surface area contributed by atoms with Crippen LogP contribution in [0.15, 0.2) is 42.6 Å². The monoisotopic (exact) mass is 273 g/mol. The van der Waals surface area contributed by atoms with Crippen molar-refractivity contribution in [1.29, 1.82) is 0 Å². The molecule has 106 valence electrons. The van der Waals surface area contributed by atoms with Crippen molar-refractivity contribution in [2.75, 3.05) is 11.9 Å². The summed E-state index contributed by atoms with van der Waals surface area (Å²) in [7, 11) is 1.82. The smallest absolute Gasteiger partial charge is 0.146 e. The Kier molecular flexibility index (Phi) is 4.69. The Morgan fingerprint density at radius 2 is 2.00 bits per heavy atom. The molecule has 0 aliphatic carbocycles. The fraction of sp³-hybridized carbons (Fsp3) is 0.312. The molecule has 2 rings (SSSR count). The van der Waals surface area contributed by atoms with Crippen LogP contribution in [0.4, 0.5) is 15.9 Å². The Labute approximate surface area is 119 Å². The third-order valence-electron chi connectivity index (χ3n) is 3.41. The number of nitrogens with zero attached hydrogens (tertiary/aromatic N) is 2. The lowest BCUT2D eigenvalue weighted by molar-refractivity contribution is 0.626. The second kappa shape index (κ2) is 6.48. The van der Waals surface area contributed by atoms with Crippen LogP contribution in [-0.4, -0.2) is 18.1 Å². The summed E-state index contributed by atoms with van der Waals surface area (Å²) >= 11 is 0. The summed E-state index contributed by atoms with van der Waals surface area (Å²) in [5.41, 5.74) is 7.57. The molecule has 1 aromatic carbocycles. The van der Waals surface area contributed by atoms with Crippen LogP contribution in [0.2, 0.25) is 0 Å². The summed E-state index contributed by atoms with van der Waals surface area (Å²) in [6.45, 7) is 2.06. The third kappa shape index (κ3) is 3.14. The highest BCUT2D eigenvalue weighted by molar-refractivity contribution is 5.62. The molecule has 0 radical (unpaired) electrons. The zero-order valence-electron chi connectivity index (χ0n) is 11.9. The van der Waals surface area contributed by atoms with Gasteiger partial charge in [0.15, 0.2) is 0 Å². The van der Waals surface area contributed by atoms with E-state index in [1.807, 2.05) is 25.2 Å². The van der Waals surface area contributed by atoms with Crippen molar-refractivity contribution in [3.8, 4) is 0 Å². The number of hydrogen-bond acceptors (Lipinski definition) is 3. The fourth-order valence-corrected chi connectivity index (χ4v) is 2.16. The van der Waals surface area contributed by atoms with Crippen LogP contribution in [0.3, 0.4) is 0 Å². The SMILES string of the molecule is CCC(N)Cc1cccnc1N(C)c1ccccc1F. The van der Waals surface area contributed by atoms with Crippen molar-refractivity contribution in [3.05, 3.63) is 54.0 Å². The standard InChI is InChI=1S/C16H20FN3/c1-3-13(18)11-12-7-6-10-19-16(12)20(2)15-9-5-4-8-14(15)17/h4-10,13H,3,11,18H2,1-2H3. The van der Waals surface area contributed by atoms with Crippen molar-refractivity contribution >= 4 is 11.5 Å². The van der Waals surface area contributed by atoms with Gasteiger partial charge in [0.1, 0.15) is 11.6 Å². The number of hydrogen-bond donors (Lipinski definition) is 1. The van der Waals surface area contributed by atoms with Gasteiger partial charge in [0.2, 0.25) is 0 Å². The molecule has 20 heavy (non-hydrogen) atoms. The Morgan fingerprint density at radius 1 is 1.25 bits per heavy atom. The van der Waals surface area contributed by atoms with Crippen LogP contribution in [0.5, 0.6) is 0 Å². The van der Waals surface area contributed by atoms with Gasteiger partial charge in [0, 0.05) is 19.3 Å². The normalized spacial score (nSPS) is 12.2. The van der Waals surface area contributed by atoms with Gasteiger partial charge in [0.25, 0.3) is 0 Å². The molecule has 0 amide bonds. The number of pyridine rings is 1. The van der Waals surface area contributed by atoms with Gasteiger partial charge in [-0.05, 0) is 36.6 Å². The molecule has 1 heterocycles. The minimum atomic E-state index is -0.258. The first-order valence-corrected chi connectivity index (χ1v) is 6.81. The van der Waals surface area contributed by atoms with Gasteiger partial charge in [-0.1, -0.05) is 25.1 Å². The third-order valence-corrected chi connectivity index (χ3v) is 3.41. The molecule has 0 fully saturated rings. The van der Waals surface area contributed by atoms with Crippen molar-refractivity contribution in [2.45, 2.75) is 25.8 Å². The van der Waals surface area contributed by atoms with Crippen molar-refractivity contribution in [2.24, 2.45) is 5.73 Å². The summed E-state index contributed by atoms with van der Waals surface area (Å²) in [5.74, 6) is 0.493. The molecule has 2 aromatic rings. The van der Waals surface area contributed by atoms with Gasteiger partial charge >= 0.3 is 0 Å². The van der Waals surface area contributed by atoms with E-state index in [1.165, 1.54) is 6.07 Å². The number of nitrogens with two attached hydrogens (primary N) is 1. The van der Waals surface area contributed by atoms with E-state index in [4.69, 9.17) is 5.73 Å². The van der Waals surface area contributed by atoms with Gasteiger partial charge in [0.05, 0.1) is 5.69 Å². The highest BCUT2D eigenvalue weighted by Crippen LogP contribution is 2.27. The molecule has 1 atom stereocenters. The topological polar surface area (TPSA) is 42.1 Å². The van der Waals surface area contributed by atoms with E-state index in [9.17, 15) is 4.39 Å². The van der Waals surface area contributed by atoms with E-state index in [0.29, 0.717) is 5.69 Å². The van der Waals surface area contributed by atoms with Gasteiger partial charge < -0.3 is 10.6 Å². The maximum Gasteiger partial charge on any atom is 0.146 e. The molecule has 0 bridgehead atoms. The maximum atomic E-state index is 13.9. The van der Waals surface area contributed by atoms with Gasteiger partial charge in [-0.25, -0.2) is 9.37 Å². The Balaban J connectivity index is 2.35. The Morgan fingerprint density at radius 3 is 2.70 bits per heavy atom. The first kappa shape index (κ1) is 14.5. The van der Waals surface area contributed by atoms with E-state index in [0.717, 1.165) is 24.2 Å². The summed E-state index contributed by atoms with van der Waals surface area (Å²) in [6.07, 6.45) is 3.35. The molecule has 2 N–H and O–H groups in total. The van der Waals surface area contributed by atoms with Crippen molar-refractivity contribution in [1.82, 2.24) is 4.98 Å². The van der Waals surface area contributed by atoms with E-state index in [2.05, 4.69) is 11.9 Å². The fourth-order valence-electron chi connectivity index (χ4n) is 2.16. The van der Waals surface area contributed by atoms with E-state index in [1.54, 1.807) is 23.2 Å². The average Bonchev–Trinajstić information content (AvgIpc) is 2.47. The molecule has 3 nitrogen and oxygen atoms in total. The lowest BCUT2D eigenvalue weighted by Gasteiger charge is -2.22. The number of para-hydroxylation sites is 1. The summed E-state index contributed by atoms with van der Waals surface area (Å²) in [6, 6.07) is 10.7. The summed E-state index contributed by atoms with van der Waals surface area (Å²) in [5, 5.41) is 0.